The van der Waals surface area contributed by atoms with E-state index in [0.717, 1.165) is 5.56 Å². The molecule has 1 aliphatic heterocycles. The number of amides is 2. The fraction of sp³-hybridized carbons (Fsp3) is 0.364. The Bertz CT molecular complexity index is 815. The highest BCUT2D eigenvalue weighted by Gasteiger charge is 2.27. The standard InChI is InChI=1S/C22H26N2O4/c1-27-19-9-8-16(14-20(19)28-2)15-23-21(25)17-10-12-24(13-11-17)22(26)18-6-4-3-5-7-18/h3-9,14,17H,10-13,15H2,1-2H3,(H,23,25). The molecule has 3 rings (SSSR count). The molecule has 2 aromatic rings. The van der Waals surface area contributed by atoms with Crippen LogP contribution in [0.25, 0.3) is 0 Å². The molecule has 148 valence electrons. The van der Waals surface area contributed by atoms with E-state index >= 15 is 0 Å². The third kappa shape index (κ3) is 4.63. The molecule has 1 heterocycles. The van der Waals surface area contributed by atoms with Crippen LogP contribution in [0.3, 0.4) is 0 Å². The Morgan fingerprint density at radius 2 is 1.68 bits per heavy atom. The number of ether oxygens (including phenoxy) is 2. The Morgan fingerprint density at radius 3 is 2.32 bits per heavy atom. The zero-order chi connectivity index (χ0) is 19.9. The fourth-order valence-corrected chi connectivity index (χ4v) is 3.43. The number of carbonyl (C=O) groups is 2. The van der Waals surface area contributed by atoms with Crippen LogP contribution >= 0.6 is 0 Å². The molecular weight excluding hydrogens is 356 g/mol. The van der Waals surface area contributed by atoms with Crippen molar-refractivity contribution >= 4 is 11.8 Å². The Morgan fingerprint density at radius 1 is 1.00 bits per heavy atom. The minimum atomic E-state index is -0.0695. The van der Waals surface area contributed by atoms with Crippen LogP contribution in [-0.2, 0) is 11.3 Å². The third-order valence-electron chi connectivity index (χ3n) is 5.09. The van der Waals surface area contributed by atoms with Gasteiger partial charge in [0, 0.05) is 31.1 Å². The van der Waals surface area contributed by atoms with Gasteiger partial charge >= 0.3 is 0 Å². The van der Waals surface area contributed by atoms with Crippen molar-refractivity contribution in [2.75, 3.05) is 27.3 Å². The summed E-state index contributed by atoms with van der Waals surface area (Å²) in [4.78, 5) is 26.9. The van der Waals surface area contributed by atoms with Crippen molar-refractivity contribution in [1.82, 2.24) is 10.2 Å². The summed E-state index contributed by atoms with van der Waals surface area (Å²) in [5, 5.41) is 2.99. The molecule has 6 nitrogen and oxygen atoms in total. The average Bonchev–Trinajstić information content (AvgIpc) is 2.77. The van der Waals surface area contributed by atoms with Crippen LogP contribution in [0.4, 0.5) is 0 Å². The number of rotatable bonds is 6. The lowest BCUT2D eigenvalue weighted by Crippen LogP contribution is -2.42. The Balaban J connectivity index is 1.50. The quantitative estimate of drug-likeness (QED) is 0.834. The number of hydrogen-bond acceptors (Lipinski definition) is 4. The summed E-state index contributed by atoms with van der Waals surface area (Å²) in [7, 11) is 3.18. The van der Waals surface area contributed by atoms with E-state index in [0.29, 0.717) is 49.5 Å². The molecule has 0 spiro atoms. The molecular formula is C22H26N2O4. The van der Waals surface area contributed by atoms with E-state index in [1.54, 1.807) is 14.2 Å². The minimum absolute atomic E-state index is 0.0293. The molecule has 0 aromatic heterocycles. The predicted octanol–water partition coefficient (Wildman–Crippen LogP) is 2.87. The zero-order valence-corrected chi connectivity index (χ0v) is 16.3. The van der Waals surface area contributed by atoms with Gasteiger partial charge in [-0.05, 0) is 42.7 Å². The van der Waals surface area contributed by atoms with Crippen molar-refractivity contribution in [3.8, 4) is 11.5 Å². The summed E-state index contributed by atoms with van der Waals surface area (Å²) >= 11 is 0. The molecule has 1 aliphatic rings. The molecule has 0 aliphatic carbocycles. The molecule has 6 heteroatoms. The van der Waals surface area contributed by atoms with Crippen molar-refractivity contribution in [3.05, 3.63) is 59.7 Å². The maximum atomic E-state index is 12.5. The number of benzene rings is 2. The second-order valence-corrected chi connectivity index (χ2v) is 6.84. The van der Waals surface area contributed by atoms with Gasteiger partial charge in [0.05, 0.1) is 14.2 Å². The minimum Gasteiger partial charge on any atom is -0.493 e. The summed E-state index contributed by atoms with van der Waals surface area (Å²) in [5.74, 6) is 1.29. The Labute approximate surface area is 165 Å². The molecule has 0 atom stereocenters. The number of nitrogens with one attached hydrogen (secondary N) is 1. The first-order chi connectivity index (χ1) is 13.6. The van der Waals surface area contributed by atoms with Crippen LogP contribution < -0.4 is 14.8 Å². The van der Waals surface area contributed by atoms with E-state index < -0.39 is 0 Å². The van der Waals surface area contributed by atoms with Crippen LogP contribution in [0.2, 0.25) is 0 Å². The van der Waals surface area contributed by atoms with Gasteiger partial charge in [-0.1, -0.05) is 24.3 Å². The highest BCUT2D eigenvalue weighted by molar-refractivity contribution is 5.94. The predicted molar refractivity (Wildman–Crippen MR) is 106 cm³/mol. The lowest BCUT2D eigenvalue weighted by atomic mass is 9.95. The largest absolute Gasteiger partial charge is 0.493 e. The zero-order valence-electron chi connectivity index (χ0n) is 16.3. The Kier molecular flexibility index (Phi) is 6.53. The number of hydrogen-bond donors (Lipinski definition) is 1. The highest BCUT2D eigenvalue weighted by Crippen LogP contribution is 2.27. The number of piperidine rings is 1. The van der Waals surface area contributed by atoms with Crippen molar-refractivity contribution in [3.63, 3.8) is 0 Å². The number of carbonyl (C=O) groups excluding carboxylic acids is 2. The van der Waals surface area contributed by atoms with E-state index in [1.807, 2.05) is 53.4 Å². The monoisotopic (exact) mass is 382 g/mol. The van der Waals surface area contributed by atoms with Gasteiger partial charge in [0.1, 0.15) is 0 Å². The van der Waals surface area contributed by atoms with E-state index in [4.69, 9.17) is 9.47 Å². The fourth-order valence-electron chi connectivity index (χ4n) is 3.43. The molecule has 2 aromatic carbocycles. The van der Waals surface area contributed by atoms with Crippen LogP contribution in [0.1, 0.15) is 28.8 Å². The SMILES string of the molecule is COc1ccc(CNC(=O)C2CCN(C(=O)c3ccccc3)CC2)cc1OC. The molecule has 0 bridgehead atoms. The lowest BCUT2D eigenvalue weighted by molar-refractivity contribution is -0.126. The number of nitrogens with zero attached hydrogens (tertiary/aromatic N) is 1. The third-order valence-corrected chi connectivity index (χ3v) is 5.09. The van der Waals surface area contributed by atoms with Crippen LogP contribution in [0, 0.1) is 5.92 Å². The second kappa shape index (κ2) is 9.26. The average molecular weight is 382 g/mol. The summed E-state index contributed by atoms with van der Waals surface area (Å²) in [6, 6.07) is 14.9. The van der Waals surface area contributed by atoms with Gasteiger partial charge in [0.2, 0.25) is 5.91 Å². The first kappa shape index (κ1) is 19.7. The van der Waals surface area contributed by atoms with Crippen LogP contribution in [0.15, 0.2) is 48.5 Å². The highest BCUT2D eigenvalue weighted by atomic mass is 16.5. The van der Waals surface area contributed by atoms with Gasteiger partial charge in [-0.15, -0.1) is 0 Å². The summed E-state index contributed by atoms with van der Waals surface area (Å²) < 4.78 is 10.5. The van der Waals surface area contributed by atoms with E-state index in [1.165, 1.54) is 0 Å². The van der Waals surface area contributed by atoms with Gasteiger partial charge in [0.25, 0.3) is 5.91 Å². The molecule has 1 saturated heterocycles. The first-order valence-corrected chi connectivity index (χ1v) is 9.45. The number of methoxy groups -OCH3 is 2. The van der Waals surface area contributed by atoms with Gasteiger partial charge in [-0.25, -0.2) is 0 Å². The van der Waals surface area contributed by atoms with Gasteiger partial charge in [-0.2, -0.15) is 0 Å². The molecule has 1 fully saturated rings. The van der Waals surface area contributed by atoms with Gasteiger partial charge in [-0.3, -0.25) is 9.59 Å². The molecule has 0 unspecified atom stereocenters. The lowest BCUT2D eigenvalue weighted by Gasteiger charge is -2.31. The van der Waals surface area contributed by atoms with E-state index in [2.05, 4.69) is 5.32 Å². The smallest absolute Gasteiger partial charge is 0.253 e. The van der Waals surface area contributed by atoms with Crippen molar-refractivity contribution in [2.24, 2.45) is 5.92 Å². The van der Waals surface area contributed by atoms with Gasteiger partial charge < -0.3 is 19.7 Å². The topological polar surface area (TPSA) is 67.9 Å². The molecule has 2 amide bonds. The van der Waals surface area contributed by atoms with Gasteiger partial charge in [0.15, 0.2) is 11.5 Å². The molecule has 1 N–H and O–H groups in total. The van der Waals surface area contributed by atoms with Crippen molar-refractivity contribution < 1.29 is 19.1 Å². The number of likely N-dealkylation sites (tertiary alicyclic amines) is 1. The second-order valence-electron chi connectivity index (χ2n) is 6.84. The summed E-state index contributed by atoms with van der Waals surface area (Å²) in [6.07, 6.45) is 1.35. The first-order valence-electron chi connectivity index (χ1n) is 9.45. The van der Waals surface area contributed by atoms with E-state index in [9.17, 15) is 9.59 Å². The maximum Gasteiger partial charge on any atom is 0.253 e. The molecule has 0 saturated carbocycles. The molecule has 28 heavy (non-hydrogen) atoms. The summed E-state index contributed by atoms with van der Waals surface area (Å²) in [6.45, 7) is 1.63. The molecule has 0 radical (unpaired) electrons. The van der Waals surface area contributed by atoms with E-state index in [-0.39, 0.29) is 17.7 Å². The Hall–Kier alpha value is -3.02. The van der Waals surface area contributed by atoms with Crippen LogP contribution in [0.5, 0.6) is 11.5 Å². The van der Waals surface area contributed by atoms with Crippen LogP contribution in [-0.4, -0.2) is 44.0 Å². The van der Waals surface area contributed by atoms with Crippen molar-refractivity contribution in [2.45, 2.75) is 19.4 Å². The summed E-state index contributed by atoms with van der Waals surface area (Å²) in [5.41, 5.74) is 1.64. The normalized spacial score (nSPS) is 14.4. The maximum absolute atomic E-state index is 12.5. The van der Waals surface area contributed by atoms with Crippen molar-refractivity contribution in [1.29, 1.82) is 0 Å².